The quantitative estimate of drug-likeness (QED) is 0.708. The molecule has 138 valence electrons. The number of ether oxygens (including phenoxy) is 1. The van der Waals surface area contributed by atoms with Crippen molar-refractivity contribution in [2.45, 2.75) is 11.4 Å². The Morgan fingerprint density at radius 3 is 2.58 bits per heavy atom. The molecule has 3 rings (SSSR count). The van der Waals surface area contributed by atoms with Gasteiger partial charge in [-0.1, -0.05) is 35.3 Å². The lowest BCUT2D eigenvalue weighted by molar-refractivity contribution is -0.113. The summed E-state index contributed by atoms with van der Waals surface area (Å²) in [6.45, 7) is 4.41. The molecule has 0 saturated carbocycles. The van der Waals surface area contributed by atoms with Gasteiger partial charge >= 0.3 is 0 Å². The number of hydrogen-bond acceptors (Lipinski definition) is 4. The number of amides is 1. The molecule has 0 spiro atoms. The number of halogens is 2. The highest BCUT2D eigenvalue weighted by Crippen LogP contribution is 2.29. The average molecular weight is 411 g/mol. The number of anilines is 1. The van der Waals surface area contributed by atoms with E-state index in [-0.39, 0.29) is 11.7 Å². The van der Waals surface area contributed by atoms with Crippen LogP contribution in [-0.4, -0.2) is 42.9 Å². The van der Waals surface area contributed by atoms with Gasteiger partial charge in [0, 0.05) is 35.2 Å². The van der Waals surface area contributed by atoms with E-state index in [1.165, 1.54) is 17.3 Å². The van der Waals surface area contributed by atoms with E-state index in [9.17, 15) is 4.79 Å². The normalized spacial score (nSPS) is 15.0. The number of carbonyl (C=O) groups is 1. The van der Waals surface area contributed by atoms with Crippen molar-refractivity contribution in [3.8, 4) is 0 Å². The van der Waals surface area contributed by atoms with Gasteiger partial charge in [-0.3, -0.25) is 9.69 Å². The van der Waals surface area contributed by atoms with E-state index in [2.05, 4.69) is 10.2 Å². The van der Waals surface area contributed by atoms with Crippen LogP contribution in [0.4, 0.5) is 5.69 Å². The lowest BCUT2D eigenvalue weighted by Crippen LogP contribution is -2.35. The highest BCUT2D eigenvalue weighted by molar-refractivity contribution is 8.00. The Morgan fingerprint density at radius 1 is 1.12 bits per heavy atom. The van der Waals surface area contributed by atoms with Gasteiger partial charge in [-0.05, 0) is 35.9 Å². The summed E-state index contributed by atoms with van der Waals surface area (Å²) in [7, 11) is 0. The standard InChI is InChI=1S/C19H20Cl2N2O2S/c20-15-3-6-17(21)18(11-15)26-13-19(24)22-16-4-1-14(2-5-16)12-23-7-9-25-10-8-23/h1-6,11H,7-10,12-13H2,(H,22,24). The largest absolute Gasteiger partial charge is 0.379 e. The van der Waals surface area contributed by atoms with Crippen molar-refractivity contribution in [1.82, 2.24) is 4.90 Å². The number of carbonyl (C=O) groups excluding carboxylic acids is 1. The molecule has 26 heavy (non-hydrogen) atoms. The van der Waals surface area contributed by atoms with Crippen LogP contribution in [0.1, 0.15) is 5.56 Å². The zero-order chi connectivity index (χ0) is 18.4. The van der Waals surface area contributed by atoms with Crippen molar-refractivity contribution in [2.24, 2.45) is 0 Å². The second-order valence-corrected chi connectivity index (χ2v) is 7.86. The molecule has 0 aromatic heterocycles. The molecule has 1 aliphatic rings. The first-order valence-corrected chi connectivity index (χ1v) is 10.1. The zero-order valence-corrected chi connectivity index (χ0v) is 16.5. The molecular weight excluding hydrogens is 391 g/mol. The second-order valence-electron chi connectivity index (χ2n) is 6.00. The van der Waals surface area contributed by atoms with E-state index in [1.54, 1.807) is 18.2 Å². The number of thioether (sulfide) groups is 1. The van der Waals surface area contributed by atoms with Gasteiger partial charge in [0.25, 0.3) is 0 Å². The van der Waals surface area contributed by atoms with E-state index in [4.69, 9.17) is 27.9 Å². The van der Waals surface area contributed by atoms with E-state index >= 15 is 0 Å². The topological polar surface area (TPSA) is 41.6 Å². The third-order valence-electron chi connectivity index (χ3n) is 4.00. The first-order valence-electron chi connectivity index (χ1n) is 8.37. The average Bonchev–Trinajstić information content (AvgIpc) is 2.65. The Kier molecular flexibility index (Phi) is 7.23. The van der Waals surface area contributed by atoms with Crippen LogP contribution in [-0.2, 0) is 16.1 Å². The third kappa shape index (κ3) is 5.89. The van der Waals surface area contributed by atoms with Gasteiger partial charge in [0.2, 0.25) is 5.91 Å². The second kappa shape index (κ2) is 9.62. The lowest BCUT2D eigenvalue weighted by atomic mass is 10.2. The maximum atomic E-state index is 12.2. The maximum absolute atomic E-state index is 12.2. The van der Waals surface area contributed by atoms with E-state index < -0.39 is 0 Å². The predicted molar refractivity (Wildman–Crippen MR) is 108 cm³/mol. The van der Waals surface area contributed by atoms with Crippen LogP contribution >= 0.6 is 35.0 Å². The highest BCUT2D eigenvalue weighted by atomic mass is 35.5. The monoisotopic (exact) mass is 410 g/mol. The minimum absolute atomic E-state index is 0.0769. The number of nitrogens with zero attached hydrogens (tertiary/aromatic N) is 1. The SMILES string of the molecule is O=C(CSc1cc(Cl)ccc1Cl)Nc1ccc(CN2CCOCC2)cc1. The summed E-state index contributed by atoms with van der Waals surface area (Å²) in [5.74, 6) is 0.197. The number of nitrogens with one attached hydrogen (secondary N) is 1. The molecule has 1 heterocycles. The van der Waals surface area contributed by atoms with Crippen molar-refractivity contribution in [2.75, 3.05) is 37.4 Å². The fourth-order valence-electron chi connectivity index (χ4n) is 2.64. The summed E-state index contributed by atoms with van der Waals surface area (Å²) < 4.78 is 5.36. The van der Waals surface area contributed by atoms with Crippen LogP contribution in [0.25, 0.3) is 0 Å². The van der Waals surface area contributed by atoms with Crippen LogP contribution in [0.2, 0.25) is 10.0 Å². The Bertz CT molecular complexity index is 750. The van der Waals surface area contributed by atoms with Crippen molar-refractivity contribution in [3.63, 3.8) is 0 Å². The molecule has 2 aromatic rings. The molecule has 1 amide bonds. The molecule has 1 N–H and O–H groups in total. The summed E-state index contributed by atoms with van der Waals surface area (Å²) in [4.78, 5) is 15.3. The van der Waals surface area contributed by atoms with Crippen LogP contribution in [0.15, 0.2) is 47.4 Å². The highest BCUT2D eigenvalue weighted by Gasteiger charge is 2.11. The molecule has 1 aliphatic heterocycles. The minimum atomic E-state index is -0.0769. The fourth-order valence-corrected chi connectivity index (χ4v) is 3.93. The first-order chi connectivity index (χ1) is 12.6. The van der Waals surface area contributed by atoms with Crippen LogP contribution in [0.3, 0.4) is 0 Å². The summed E-state index contributed by atoms with van der Waals surface area (Å²) in [5.41, 5.74) is 2.02. The molecule has 0 aliphatic carbocycles. The van der Waals surface area contributed by atoms with Crippen LogP contribution in [0.5, 0.6) is 0 Å². The van der Waals surface area contributed by atoms with Gasteiger partial charge in [0.15, 0.2) is 0 Å². The molecule has 0 bridgehead atoms. The summed E-state index contributed by atoms with van der Waals surface area (Å²) in [6.07, 6.45) is 0. The van der Waals surface area contributed by atoms with Crippen LogP contribution in [0, 0.1) is 0 Å². The molecule has 2 aromatic carbocycles. The predicted octanol–water partition coefficient (Wildman–Crippen LogP) is 4.56. The molecule has 7 heteroatoms. The van der Waals surface area contributed by atoms with Gasteiger partial charge in [0.05, 0.1) is 24.0 Å². The van der Waals surface area contributed by atoms with Gasteiger partial charge in [0.1, 0.15) is 0 Å². The zero-order valence-electron chi connectivity index (χ0n) is 14.2. The van der Waals surface area contributed by atoms with Crippen LogP contribution < -0.4 is 5.32 Å². The van der Waals surface area contributed by atoms with E-state index in [0.29, 0.717) is 10.0 Å². The van der Waals surface area contributed by atoms with Gasteiger partial charge in [-0.15, -0.1) is 11.8 Å². The Labute approximate surface area is 167 Å². The number of morpholine rings is 1. The Morgan fingerprint density at radius 2 is 1.85 bits per heavy atom. The molecule has 0 unspecified atom stereocenters. The first kappa shape index (κ1) is 19.5. The number of benzene rings is 2. The molecule has 4 nitrogen and oxygen atoms in total. The summed E-state index contributed by atoms with van der Waals surface area (Å²) in [5, 5.41) is 4.11. The van der Waals surface area contributed by atoms with Crippen molar-refractivity contribution >= 4 is 46.6 Å². The van der Waals surface area contributed by atoms with Gasteiger partial charge < -0.3 is 10.1 Å². The maximum Gasteiger partial charge on any atom is 0.234 e. The van der Waals surface area contributed by atoms with Crippen molar-refractivity contribution in [1.29, 1.82) is 0 Å². The minimum Gasteiger partial charge on any atom is -0.379 e. The molecular formula is C19H20Cl2N2O2S. The van der Waals surface area contributed by atoms with Gasteiger partial charge in [-0.25, -0.2) is 0 Å². The molecule has 1 saturated heterocycles. The van der Waals surface area contributed by atoms with Gasteiger partial charge in [-0.2, -0.15) is 0 Å². The lowest BCUT2D eigenvalue weighted by Gasteiger charge is -2.26. The van der Waals surface area contributed by atoms with Crippen molar-refractivity contribution < 1.29 is 9.53 Å². The Hall–Kier alpha value is -1.24. The fraction of sp³-hybridized carbons (Fsp3) is 0.316. The number of rotatable bonds is 6. The smallest absolute Gasteiger partial charge is 0.234 e. The number of hydrogen-bond donors (Lipinski definition) is 1. The van der Waals surface area contributed by atoms with E-state index in [1.807, 2.05) is 24.3 Å². The molecule has 0 radical (unpaired) electrons. The summed E-state index contributed by atoms with van der Waals surface area (Å²) in [6, 6.07) is 13.2. The van der Waals surface area contributed by atoms with Crippen molar-refractivity contribution in [3.05, 3.63) is 58.1 Å². The molecule has 1 fully saturated rings. The summed E-state index contributed by atoms with van der Waals surface area (Å²) >= 11 is 13.4. The third-order valence-corrected chi connectivity index (χ3v) is 5.73. The van der Waals surface area contributed by atoms with E-state index in [0.717, 1.165) is 43.4 Å². The molecule has 0 atom stereocenters. The Balaban J connectivity index is 1.48.